The number of carbonyl (C=O) groups is 3. The van der Waals surface area contributed by atoms with Crippen molar-refractivity contribution < 1.29 is 28.6 Å². The van der Waals surface area contributed by atoms with Crippen molar-refractivity contribution >= 4 is 34.4 Å². The van der Waals surface area contributed by atoms with Gasteiger partial charge in [-0.2, -0.15) is 0 Å². The maximum Gasteiger partial charge on any atom is 0.358 e. The summed E-state index contributed by atoms with van der Waals surface area (Å²) in [6, 6.07) is 19.1. The minimum Gasteiger partial charge on any atom is -0.469 e. The second-order valence-corrected chi connectivity index (χ2v) is 10.6. The quantitative estimate of drug-likeness (QED) is 0.283. The van der Waals surface area contributed by atoms with Crippen LogP contribution in [0.3, 0.4) is 0 Å². The van der Waals surface area contributed by atoms with E-state index >= 15 is 0 Å². The Morgan fingerprint density at radius 2 is 1.65 bits per heavy atom. The van der Waals surface area contributed by atoms with Crippen molar-refractivity contribution in [2.45, 2.75) is 38.8 Å². The molecule has 40 heavy (non-hydrogen) atoms. The van der Waals surface area contributed by atoms with Gasteiger partial charge in [0.15, 0.2) is 10.8 Å². The summed E-state index contributed by atoms with van der Waals surface area (Å²) in [6.45, 7) is 5.53. The number of hydrogen-bond donors (Lipinski definition) is 2. The number of nitrogens with one attached hydrogen (secondary N) is 2. The van der Waals surface area contributed by atoms with E-state index in [2.05, 4.69) is 15.6 Å². The highest BCUT2D eigenvalue weighted by atomic mass is 32.1. The lowest BCUT2D eigenvalue weighted by Gasteiger charge is -2.46. The first-order valence-electron chi connectivity index (χ1n) is 12.9. The number of methoxy groups -OCH3 is 2. The van der Waals surface area contributed by atoms with E-state index in [0.29, 0.717) is 22.8 Å². The molecule has 2 aromatic carbocycles. The summed E-state index contributed by atoms with van der Waals surface area (Å²) in [7, 11) is 2.62. The van der Waals surface area contributed by atoms with Crippen LogP contribution in [0.2, 0.25) is 0 Å². The molecule has 3 unspecified atom stereocenters. The van der Waals surface area contributed by atoms with Gasteiger partial charge in [0.1, 0.15) is 11.6 Å². The van der Waals surface area contributed by atoms with Crippen LogP contribution in [0.4, 0.5) is 5.13 Å². The van der Waals surface area contributed by atoms with Crippen LogP contribution in [0.1, 0.15) is 53.2 Å². The summed E-state index contributed by atoms with van der Waals surface area (Å²) < 4.78 is 15.7. The molecule has 0 aliphatic carbocycles. The monoisotopic (exact) mass is 563 g/mol. The number of esters is 3. The number of thiazole rings is 1. The van der Waals surface area contributed by atoms with Gasteiger partial charge in [-0.05, 0) is 31.9 Å². The van der Waals surface area contributed by atoms with Crippen LogP contribution in [0.15, 0.2) is 71.9 Å². The Morgan fingerprint density at radius 1 is 1.00 bits per heavy atom. The molecule has 210 valence electrons. The summed E-state index contributed by atoms with van der Waals surface area (Å²) in [5.41, 5.74) is 1.70. The fourth-order valence-electron chi connectivity index (χ4n) is 5.17. The van der Waals surface area contributed by atoms with Gasteiger partial charge in [-0.15, -0.1) is 11.3 Å². The van der Waals surface area contributed by atoms with E-state index in [9.17, 15) is 14.4 Å². The molecule has 0 fully saturated rings. The minimum absolute atomic E-state index is 0.215. The van der Waals surface area contributed by atoms with Crippen LogP contribution >= 0.6 is 11.3 Å². The Hall–Kier alpha value is -4.18. The van der Waals surface area contributed by atoms with E-state index in [1.807, 2.05) is 67.6 Å². The smallest absolute Gasteiger partial charge is 0.358 e. The second-order valence-electron chi connectivity index (χ2n) is 9.55. The molecule has 0 saturated heterocycles. The Labute approximate surface area is 237 Å². The van der Waals surface area contributed by atoms with Gasteiger partial charge in [0.25, 0.3) is 0 Å². The molecule has 0 saturated carbocycles. The Bertz CT molecular complexity index is 1410. The van der Waals surface area contributed by atoms with Crippen LogP contribution in [-0.2, 0) is 30.2 Å². The van der Waals surface area contributed by atoms with Crippen LogP contribution in [0, 0.1) is 5.92 Å². The Kier molecular flexibility index (Phi) is 8.89. The van der Waals surface area contributed by atoms with E-state index in [-0.39, 0.29) is 12.3 Å². The Morgan fingerprint density at radius 3 is 2.25 bits per heavy atom. The predicted molar refractivity (Wildman–Crippen MR) is 152 cm³/mol. The average molecular weight is 564 g/mol. The average Bonchev–Trinajstić information content (AvgIpc) is 3.34. The van der Waals surface area contributed by atoms with E-state index in [1.54, 1.807) is 13.8 Å². The number of allylic oxidation sites excluding steroid dienone is 1. The summed E-state index contributed by atoms with van der Waals surface area (Å²) in [5, 5.41) is 7.11. The number of ether oxygens (including phenoxy) is 3. The molecule has 2 N–H and O–H groups in total. The molecular formula is C30H33N3O6S. The number of hydrogen-bond acceptors (Lipinski definition) is 10. The van der Waals surface area contributed by atoms with Gasteiger partial charge in [0.2, 0.25) is 0 Å². The molecule has 3 aromatic rings. The number of nitrogens with zero attached hydrogens (tertiary/aromatic N) is 1. The first-order valence-corrected chi connectivity index (χ1v) is 13.7. The molecular weight excluding hydrogens is 530 g/mol. The van der Waals surface area contributed by atoms with Crippen LogP contribution < -0.4 is 10.6 Å². The third kappa shape index (κ3) is 5.86. The lowest BCUT2D eigenvalue weighted by molar-refractivity contribution is -0.149. The van der Waals surface area contributed by atoms with Crippen molar-refractivity contribution in [1.29, 1.82) is 0 Å². The molecule has 3 atom stereocenters. The van der Waals surface area contributed by atoms with Gasteiger partial charge in [-0.25, -0.2) is 14.6 Å². The Balaban J connectivity index is 1.81. The van der Waals surface area contributed by atoms with Crippen molar-refractivity contribution in [2.24, 2.45) is 5.92 Å². The fourth-order valence-corrected chi connectivity index (χ4v) is 6.27. The van der Waals surface area contributed by atoms with Gasteiger partial charge in [0, 0.05) is 22.9 Å². The third-order valence-corrected chi connectivity index (χ3v) is 7.85. The molecule has 0 radical (unpaired) electrons. The van der Waals surface area contributed by atoms with Crippen molar-refractivity contribution in [2.75, 3.05) is 26.1 Å². The van der Waals surface area contributed by atoms with Gasteiger partial charge >= 0.3 is 17.9 Å². The summed E-state index contributed by atoms with van der Waals surface area (Å²) in [5.74, 6) is -3.19. The first-order chi connectivity index (χ1) is 19.2. The van der Waals surface area contributed by atoms with Gasteiger partial charge in [-0.1, -0.05) is 60.7 Å². The lowest BCUT2D eigenvalue weighted by Crippen LogP contribution is -2.62. The maximum atomic E-state index is 13.5. The zero-order valence-electron chi connectivity index (χ0n) is 23.1. The van der Waals surface area contributed by atoms with Gasteiger partial charge in [0.05, 0.1) is 26.4 Å². The van der Waals surface area contributed by atoms with E-state index < -0.39 is 35.4 Å². The zero-order valence-corrected chi connectivity index (χ0v) is 24.0. The molecule has 2 heterocycles. The molecule has 10 heteroatoms. The molecule has 4 rings (SSSR count). The molecule has 1 aromatic heterocycles. The lowest BCUT2D eigenvalue weighted by atomic mass is 9.71. The second kappa shape index (κ2) is 12.3. The van der Waals surface area contributed by atoms with Crippen molar-refractivity contribution in [3.05, 3.63) is 93.6 Å². The van der Waals surface area contributed by atoms with Crippen molar-refractivity contribution in [1.82, 2.24) is 10.3 Å². The highest BCUT2D eigenvalue weighted by Gasteiger charge is 2.52. The highest BCUT2D eigenvalue weighted by molar-refractivity contribution is 7.15. The molecule has 0 bridgehead atoms. The number of benzene rings is 2. The summed E-state index contributed by atoms with van der Waals surface area (Å²) in [4.78, 5) is 44.6. The molecule has 0 amide bonds. The van der Waals surface area contributed by atoms with Gasteiger partial charge < -0.3 is 24.8 Å². The fraction of sp³-hybridized carbons (Fsp3) is 0.333. The number of carbonyl (C=O) groups excluding carboxylic acids is 3. The van der Waals surface area contributed by atoms with Crippen LogP contribution in [0.25, 0.3) is 0 Å². The van der Waals surface area contributed by atoms with Crippen LogP contribution in [-0.4, -0.2) is 49.4 Å². The zero-order chi connectivity index (χ0) is 28.9. The summed E-state index contributed by atoms with van der Waals surface area (Å²) in [6.07, 6.45) is 0.483. The predicted octanol–water partition coefficient (Wildman–Crippen LogP) is 4.66. The maximum absolute atomic E-state index is 13.5. The van der Waals surface area contributed by atoms with E-state index in [4.69, 9.17) is 14.2 Å². The number of anilines is 1. The number of aromatic nitrogens is 1. The van der Waals surface area contributed by atoms with Crippen LogP contribution in [0.5, 0.6) is 0 Å². The molecule has 1 aliphatic rings. The minimum atomic E-state index is -1.16. The third-order valence-electron chi connectivity index (χ3n) is 6.88. The SMILES string of the molecule is CCOC(=O)c1nc(NC2(C)NC(C)=C(C(=O)OC)C(c3ccccc3)C2C(=O)OC)sc1Cc1ccccc1. The first kappa shape index (κ1) is 28.8. The molecule has 9 nitrogen and oxygen atoms in total. The van der Waals surface area contributed by atoms with Crippen molar-refractivity contribution in [3.8, 4) is 0 Å². The highest BCUT2D eigenvalue weighted by Crippen LogP contribution is 2.45. The van der Waals surface area contributed by atoms with E-state index in [1.165, 1.54) is 25.6 Å². The van der Waals surface area contributed by atoms with E-state index in [0.717, 1.165) is 16.0 Å². The van der Waals surface area contributed by atoms with Gasteiger partial charge in [-0.3, -0.25) is 4.79 Å². The number of rotatable bonds is 9. The standard InChI is InChI=1S/C30H33N3O6S/c1-6-39-28(36)25-21(17-19-13-9-7-10-14-19)40-29(31-25)33-30(3)24(27(35)38-5)23(20-15-11-8-12-16-20)22(18(2)32-30)26(34)37-4/h7-16,23-24,32H,6,17H2,1-5H3,(H,31,33). The molecule has 1 aliphatic heterocycles. The molecule has 0 spiro atoms. The largest absolute Gasteiger partial charge is 0.469 e. The normalized spacial score (nSPS) is 20.3. The topological polar surface area (TPSA) is 116 Å². The van der Waals surface area contributed by atoms with Crippen molar-refractivity contribution in [3.63, 3.8) is 0 Å². The summed E-state index contributed by atoms with van der Waals surface area (Å²) >= 11 is 1.31.